The highest BCUT2D eigenvalue weighted by molar-refractivity contribution is 7.13. The van der Waals surface area contributed by atoms with E-state index in [4.69, 9.17) is 9.47 Å². The average Bonchev–Trinajstić information content (AvgIpc) is 3.09. The van der Waals surface area contributed by atoms with Crippen molar-refractivity contribution in [3.05, 3.63) is 41.8 Å². The number of hydrogen-bond donors (Lipinski definition) is 0. The lowest BCUT2D eigenvalue weighted by atomic mass is 10.1. The summed E-state index contributed by atoms with van der Waals surface area (Å²) in [6.07, 6.45) is 0. The lowest BCUT2D eigenvalue weighted by Gasteiger charge is -2.07. The van der Waals surface area contributed by atoms with Gasteiger partial charge in [0.2, 0.25) is 5.88 Å². The van der Waals surface area contributed by atoms with Crippen molar-refractivity contribution < 1.29 is 9.47 Å². The van der Waals surface area contributed by atoms with Crippen LogP contribution in [0.5, 0.6) is 11.6 Å². The third-order valence-electron chi connectivity index (χ3n) is 2.95. The van der Waals surface area contributed by atoms with E-state index in [1.807, 2.05) is 41.8 Å². The zero-order valence-corrected chi connectivity index (χ0v) is 12.4. The Kier molecular flexibility index (Phi) is 3.79. The zero-order chi connectivity index (χ0) is 14.7. The molecule has 0 saturated heterocycles. The van der Waals surface area contributed by atoms with E-state index in [0.717, 1.165) is 16.2 Å². The summed E-state index contributed by atoms with van der Waals surface area (Å²) in [5.74, 6) is 1.81. The van der Waals surface area contributed by atoms with Crippen molar-refractivity contribution in [1.29, 1.82) is 0 Å². The van der Waals surface area contributed by atoms with Crippen LogP contribution in [0.15, 0.2) is 41.8 Å². The van der Waals surface area contributed by atoms with E-state index in [9.17, 15) is 0 Å². The van der Waals surface area contributed by atoms with Crippen LogP contribution in [0.25, 0.3) is 22.0 Å². The number of benzene rings is 1. The van der Waals surface area contributed by atoms with Crippen molar-refractivity contribution >= 4 is 11.3 Å². The molecule has 0 radical (unpaired) electrons. The van der Waals surface area contributed by atoms with Gasteiger partial charge in [0.25, 0.3) is 0 Å². The van der Waals surface area contributed by atoms with Crippen LogP contribution in [0.1, 0.15) is 0 Å². The van der Waals surface area contributed by atoms with Gasteiger partial charge in [0, 0.05) is 5.56 Å². The van der Waals surface area contributed by atoms with Crippen LogP contribution in [0, 0.1) is 0 Å². The maximum atomic E-state index is 5.35. The lowest BCUT2D eigenvalue weighted by molar-refractivity contribution is 0.396. The number of methoxy groups -OCH3 is 2. The molecule has 2 heterocycles. The molecule has 21 heavy (non-hydrogen) atoms. The van der Waals surface area contributed by atoms with Gasteiger partial charge in [0.1, 0.15) is 5.75 Å². The zero-order valence-electron chi connectivity index (χ0n) is 11.6. The van der Waals surface area contributed by atoms with E-state index in [-0.39, 0.29) is 0 Å². The molecule has 0 aliphatic rings. The highest BCUT2D eigenvalue weighted by Gasteiger charge is 2.13. The van der Waals surface area contributed by atoms with Crippen LogP contribution in [0.4, 0.5) is 0 Å². The van der Waals surface area contributed by atoms with Gasteiger partial charge in [-0.15, -0.1) is 21.5 Å². The molecule has 0 amide bonds. The standard InChI is InChI=1S/C15H13N3O2S/c1-19-11-7-5-10(6-8-11)13-15(20-2)16-14(18-17-13)12-4-3-9-21-12/h3-9H,1-2H3. The summed E-state index contributed by atoms with van der Waals surface area (Å²) in [6.45, 7) is 0. The third-order valence-corrected chi connectivity index (χ3v) is 3.82. The molecule has 0 aliphatic heterocycles. The Balaban J connectivity index is 2.02. The lowest BCUT2D eigenvalue weighted by Crippen LogP contribution is -1.99. The molecule has 0 atom stereocenters. The third kappa shape index (κ3) is 2.71. The van der Waals surface area contributed by atoms with Crippen molar-refractivity contribution in [2.75, 3.05) is 14.2 Å². The van der Waals surface area contributed by atoms with E-state index in [0.29, 0.717) is 17.4 Å². The normalized spacial score (nSPS) is 10.4. The first-order chi connectivity index (χ1) is 10.3. The quantitative estimate of drug-likeness (QED) is 0.740. The van der Waals surface area contributed by atoms with E-state index in [1.54, 1.807) is 25.6 Å². The molecule has 0 N–H and O–H groups in total. The molecule has 2 aromatic heterocycles. The second-order valence-corrected chi connectivity index (χ2v) is 5.15. The van der Waals surface area contributed by atoms with Gasteiger partial charge in [-0.1, -0.05) is 6.07 Å². The van der Waals surface area contributed by atoms with Crippen LogP contribution in [0.2, 0.25) is 0 Å². The van der Waals surface area contributed by atoms with Crippen molar-refractivity contribution in [3.63, 3.8) is 0 Å². The van der Waals surface area contributed by atoms with E-state index >= 15 is 0 Å². The molecule has 6 heteroatoms. The molecule has 3 aromatic rings. The van der Waals surface area contributed by atoms with Gasteiger partial charge in [-0.2, -0.15) is 4.98 Å². The number of nitrogens with zero attached hydrogens (tertiary/aromatic N) is 3. The van der Waals surface area contributed by atoms with Crippen molar-refractivity contribution in [2.24, 2.45) is 0 Å². The summed E-state index contributed by atoms with van der Waals surface area (Å²) < 4.78 is 10.5. The van der Waals surface area contributed by atoms with Crippen molar-refractivity contribution in [1.82, 2.24) is 15.2 Å². The molecule has 0 saturated carbocycles. The van der Waals surface area contributed by atoms with Gasteiger partial charge >= 0.3 is 0 Å². The first-order valence-electron chi connectivity index (χ1n) is 6.29. The fourth-order valence-corrected chi connectivity index (χ4v) is 2.55. The van der Waals surface area contributed by atoms with Crippen molar-refractivity contribution in [2.45, 2.75) is 0 Å². The molecule has 0 aliphatic carbocycles. The highest BCUT2D eigenvalue weighted by Crippen LogP contribution is 2.29. The van der Waals surface area contributed by atoms with Gasteiger partial charge in [0.05, 0.1) is 19.1 Å². The molecule has 3 rings (SSSR count). The Morgan fingerprint density at radius 3 is 2.38 bits per heavy atom. The Morgan fingerprint density at radius 2 is 1.76 bits per heavy atom. The summed E-state index contributed by atoms with van der Waals surface area (Å²) in [5, 5.41) is 10.4. The minimum Gasteiger partial charge on any atom is -0.497 e. The summed E-state index contributed by atoms with van der Waals surface area (Å²) >= 11 is 1.56. The maximum absolute atomic E-state index is 5.35. The van der Waals surface area contributed by atoms with E-state index < -0.39 is 0 Å². The van der Waals surface area contributed by atoms with Gasteiger partial charge in [0.15, 0.2) is 11.5 Å². The Labute approximate surface area is 126 Å². The van der Waals surface area contributed by atoms with Gasteiger partial charge < -0.3 is 9.47 Å². The number of hydrogen-bond acceptors (Lipinski definition) is 6. The van der Waals surface area contributed by atoms with E-state index in [1.165, 1.54) is 0 Å². The fraction of sp³-hybridized carbons (Fsp3) is 0.133. The largest absolute Gasteiger partial charge is 0.497 e. The second-order valence-electron chi connectivity index (χ2n) is 4.20. The smallest absolute Gasteiger partial charge is 0.244 e. The van der Waals surface area contributed by atoms with Gasteiger partial charge in [-0.3, -0.25) is 0 Å². The van der Waals surface area contributed by atoms with Crippen LogP contribution in [-0.4, -0.2) is 29.4 Å². The second kappa shape index (κ2) is 5.88. The molecule has 0 bridgehead atoms. The number of ether oxygens (including phenoxy) is 2. The Bertz CT molecular complexity index is 727. The number of aromatic nitrogens is 3. The van der Waals surface area contributed by atoms with Crippen molar-refractivity contribution in [3.8, 4) is 33.6 Å². The average molecular weight is 299 g/mol. The summed E-state index contributed by atoms with van der Waals surface area (Å²) in [5.41, 5.74) is 1.49. The first-order valence-corrected chi connectivity index (χ1v) is 7.17. The SMILES string of the molecule is COc1ccc(-c2nnc(-c3cccs3)nc2OC)cc1. The van der Waals surface area contributed by atoms with Crippen LogP contribution < -0.4 is 9.47 Å². The summed E-state index contributed by atoms with van der Waals surface area (Å²) in [7, 11) is 3.21. The monoisotopic (exact) mass is 299 g/mol. The Hall–Kier alpha value is -2.47. The minimum absolute atomic E-state index is 0.457. The molecule has 5 nitrogen and oxygen atoms in total. The number of thiophene rings is 1. The molecule has 0 unspecified atom stereocenters. The van der Waals surface area contributed by atoms with E-state index in [2.05, 4.69) is 15.2 Å². The fourth-order valence-electron chi connectivity index (χ4n) is 1.89. The summed E-state index contributed by atoms with van der Waals surface area (Å²) in [6, 6.07) is 11.4. The Morgan fingerprint density at radius 1 is 0.952 bits per heavy atom. The van der Waals surface area contributed by atoms with Crippen LogP contribution >= 0.6 is 11.3 Å². The van der Waals surface area contributed by atoms with Gasteiger partial charge in [-0.05, 0) is 35.7 Å². The predicted molar refractivity (Wildman–Crippen MR) is 81.7 cm³/mol. The molecule has 0 fully saturated rings. The highest BCUT2D eigenvalue weighted by atomic mass is 32.1. The molecule has 1 aromatic carbocycles. The molecule has 0 spiro atoms. The molecular formula is C15H13N3O2S. The molecular weight excluding hydrogens is 286 g/mol. The van der Waals surface area contributed by atoms with Crippen LogP contribution in [-0.2, 0) is 0 Å². The topological polar surface area (TPSA) is 57.1 Å². The summed E-state index contributed by atoms with van der Waals surface area (Å²) in [4.78, 5) is 5.40. The van der Waals surface area contributed by atoms with Crippen LogP contribution in [0.3, 0.4) is 0 Å². The number of rotatable bonds is 4. The van der Waals surface area contributed by atoms with Gasteiger partial charge in [-0.25, -0.2) is 0 Å². The molecule has 106 valence electrons. The predicted octanol–water partition coefficient (Wildman–Crippen LogP) is 3.28. The maximum Gasteiger partial charge on any atom is 0.244 e. The minimum atomic E-state index is 0.457. The first kappa shape index (κ1) is 13.5.